The molecule has 2 aliphatic carbocycles. The predicted octanol–water partition coefficient (Wildman–Crippen LogP) is 9.09. The third kappa shape index (κ3) is 5.82. The summed E-state index contributed by atoms with van der Waals surface area (Å²) in [6.07, 6.45) is -0.736. The van der Waals surface area contributed by atoms with E-state index in [0.29, 0.717) is 5.56 Å². The Bertz CT molecular complexity index is 1150. The molecule has 8 heteroatoms. The molecule has 204 valence electrons. The Labute approximate surface area is 233 Å². The number of benzene rings is 1. The number of aliphatic hydroxyl groups excluding tert-OH is 1. The summed E-state index contributed by atoms with van der Waals surface area (Å²) in [4.78, 5) is 5.23. The largest absolute Gasteiger partial charge is 0.416 e. The van der Waals surface area contributed by atoms with Gasteiger partial charge in [0.25, 0.3) is 0 Å². The third-order valence-corrected chi connectivity index (χ3v) is 14.2. The smallest absolute Gasteiger partial charge is 0.410 e. The highest BCUT2D eigenvalue weighted by Crippen LogP contribution is 2.51. The summed E-state index contributed by atoms with van der Waals surface area (Å²) in [5, 5.41) is 11.7. The number of hydrogen-bond donors (Lipinski definition) is 1. The lowest BCUT2D eigenvalue weighted by Crippen LogP contribution is -2.44. The van der Waals surface area contributed by atoms with Crippen molar-refractivity contribution in [2.24, 2.45) is 5.41 Å². The number of nitrogens with zero attached hydrogens (tertiary/aromatic N) is 1. The molecule has 1 saturated carbocycles. The van der Waals surface area contributed by atoms with Gasteiger partial charge in [-0.25, -0.2) is 0 Å². The molecule has 1 aromatic carbocycles. The number of hydrogen-bond acceptors (Lipinski definition) is 3. The summed E-state index contributed by atoms with van der Waals surface area (Å²) in [7, 11) is -2.11. The van der Waals surface area contributed by atoms with Crippen LogP contribution in [0.2, 0.25) is 18.1 Å². The first kappa shape index (κ1) is 29.0. The fourth-order valence-corrected chi connectivity index (χ4v) is 7.64. The van der Waals surface area contributed by atoms with Gasteiger partial charge in [0.15, 0.2) is 8.32 Å². The normalized spacial score (nSPS) is 21.4. The van der Waals surface area contributed by atoms with Crippen LogP contribution >= 0.6 is 22.6 Å². The summed E-state index contributed by atoms with van der Waals surface area (Å²) >= 11 is 2.34. The molecule has 1 fully saturated rings. The molecule has 1 N–H and O–H groups in total. The first-order chi connectivity index (χ1) is 16.9. The summed E-state index contributed by atoms with van der Waals surface area (Å²) in [5.41, 5.74) is 3.53. The fourth-order valence-electron chi connectivity index (χ4n) is 5.15. The molecule has 1 unspecified atom stereocenters. The Morgan fingerprint density at radius 1 is 1.11 bits per heavy atom. The zero-order chi connectivity index (χ0) is 27.6. The van der Waals surface area contributed by atoms with Gasteiger partial charge in [0.1, 0.15) is 6.10 Å². The van der Waals surface area contributed by atoms with Crippen LogP contribution in [0.15, 0.2) is 24.3 Å². The van der Waals surface area contributed by atoms with Crippen LogP contribution in [-0.2, 0) is 17.0 Å². The minimum atomic E-state index is -4.41. The second-order valence-electron chi connectivity index (χ2n) is 13.1. The quantitative estimate of drug-likeness (QED) is 0.261. The Balaban J connectivity index is 1.85. The van der Waals surface area contributed by atoms with Crippen molar-refractivity contribution < 1.29 is 22.7 Å². The van der Waals surface area contributed by atoms with E-state index in [1.54, 1.807) is 0 Å². The number of aliphatic hydroxyl groups is 1. The van der Waals surface area contributed by atoms with Crippen molar-refractivity contribution in [3.05, 3.63) is 61.5 Å². The lowest BCUT2D eigenvalue weighted by atomic mass is 9.73. The predicted molar refractivity (Wildman–Crippen MR) is 152 cm³/mol. The van der Waals surface area contributed by atoms with Crippen LogP contribution in [0.25, 0.3) is 0 Å². The van der Waals surface area contributed by atoms with Crippen molar-refractivity contribution in [2.45, 2.75) is 109 Å². The first-order valence-corrected chi connectivity index (χ1v) is 17.1. The molecule has 0 radical (unpaired) electrons. The highest BCUT2D eigenvalue weighted by Gasteiger charge is 2.45. The number of halogens is 4. The molecule has 2 aromatic rings. The molecule has 3 nitrogen and oxygen atoms in total. The zero-order valence-electron chi connectivity index (χ0n) is 22.9. The molecule has 1 aromatic heterocycles. The summed E-state index contributed by atoms with van der Waals surface area (Å²) in [6, 6.07) is 4.87. The Morgan fingerprint density at radius 3 is 2.19 bits per heavy atom. The van der Waals surface area contributed by atoms with Crippen molar-refractivity contribution in [3.63, 3.8) is 0 Å². The second kappa shape index (κ2) is 9.89. The van der Waals surface area contributed by atoms with Crippen LogP contribution in [0.3, 0.4) is 0 Å². The molecule has 37 heavy (non-hydrogen) atoms. The molecule has 4 rings (SSSR count). The molecular weight excluding hydrogens is 606 g/mol. The maximum Gasteiger partial charge on any atom is 0.416 e. The van der Waals surface area contributed by atoms with Crippen LogP contribution in [0, 0.1) is 8.99 Å². The van der Waals surface area contributed by atoms with Gasteiger partial charge in [0.2, 0.25) is 0 Å². The molecule has 2 aliphatic rings. The minimum absolute atomic E-state index is 0.0283. The number of alkyl halides is 3. The Kier molecular flexibility index (Phi) is 7.76. The van der Waals surface area contributed by atoms with Crippen molar-refractivity contribution in [2.75, 3.05) is 0 Å². The van der Waals surface area contributed by atoms with E-state index < -0.39 is 26.2 Å². The highest BCUT2D eigenvalue weighted by molar-refractivity contribution is 14.1. The number of fused-ring (bicyclic) bond motifs is 1. The maximum atomic E-state index is 13.2. The summed E-state index contributed by atoms with van der Waals surface area (Å²) in [6.45, 7) is 15.7. The lowest BCUT2D eigenvalue weighted by molar-refractivity contribution is -0.137. The van der Waals surface area contributed by atoms with Gasteiger partial charge in [-0.15, -0.1) is 0 Å². The van der Waals surface area contributed by atoms with Gasteiger partial charge in [-0.1, -0.05) is 53.2 Å². The van der Waals surface area contributed by atoms with Crippen molar-refractivity contribution in [3.8, 4) is 0 Å². The molecule has 0 bridgehead atoms. The van der Waals surface area contributed by atoms with E-state index in [9.17, 15) is 18.3 Å². The van der Waals surface area contributed by atoms with Crippen molar-refractivity contribution in [1.82, 2.24) is 4.98 Å². The van der Waals surface area contributed by atoms with Crippen LogP contribution in [0.5, 0.6) is 0 Å². The Morgan fingerprint density at radius 2 is 1.70 bits per heavy atom. The molecular formula is C29H39F3INO2Si. The van der Waals surface area contributed by atoms with E-state index in [0.717, 1.165) is 70.3 Å². The zero-order valence-corrected chi connectivity index (χ0v) is 26.0. The van der Waals surface area contributed by atoms with Gasteiger partial charge in [-0.05, 0) is 89.5 Å². The van der Waals surface area contributed by atoms with Crippen molar-refractivity contribution >= 4 is 30.9 Å². The highest BCUT2D eigenvalue weighted by atomic mass is 127. The molecule has 2 atom stereocenters. The topological polar surface area (TPSA) is 42.4 Å². The summed E-state index contributed by atoms with van der Waals surface area (Å²) in [5.74, 6) is 0.266. The van der Waals surface area contributed by atoms with Crippen LogP contribution in [-0.4, -0.2) is 18.4 Å². The van der Waals surface area contributed by atoms with E-state index >= 15 is 0 Å². The van der Waals surface area contributed by atoms with Gasteiger partial charge in [0.05, 0.1) is 17.4 Å². The van der Waals surface area contributed by atoms with Gasteiger partial charge in [0, 0.05) is 26.3 Å². The average Bonchev–Trinajstić information content (AvgIpc) is 2.69. The number of pyridine rings is 1. The van der Waals surface area contributed by atoms with Crippen molar-refractivity contribution in [1.29, 1.82) is 0 Å². The summed E-state index contributed by atoms with van der Waals surface area (Å²) < 4.78 is 47.4. The molecule has 0 saturated heterocycles. The van der Waals surface area contributed by atoms with E-state index in [1.807, 2.05) is 0 Å². The first-order valence-electron chi connectivity index (χ1n) is 13.2. The molecule has 0 spiro atoms. The number of rotatable bonds is 5. The third-order valence-electron chi connectivity index (χ3n) is 8.58. The van der Waals surface area contributed by atoms with Gasteiger partial charge in [-0.2, -0.15) is 13.2 Å². The molecule has 0 aliphatic heterocycles. The van der Waals surface area contributed by atoms with E-state index in [2.05, 4.69) is 70.3 Å². The molecule has 1 heterocycles. The van der Waals surface area contributed by atoms with Gasteiger partial charge >= 0.3 is 6.18 Å². The van der Waals surface area contributed by atoms with Gasteiger partial charge in [-0.3, -0.25) is 4.98 Å². The lowest BCUT2D eigenvalue weighted by Gasteiger charge is -2.45. The van der Waals surface area contributed by atoms with E-state index in [4.69, 9.17) is 9.41 Å². The van der Waals surface area contributed by atoms with E-state index in [1.165, 1.54) is 12.1 Å². The maximum absolute atomic E-state index is 13.2. The monoisotopic (exact) mass is 645 g/mol. The van der Waals surface area contributed by atoms with Crippen LogP contribution < -0.4 is 0 Å². The Hall–Kier alpha value is -0.973. The van der Waals surface area contributed by atoms with Gasteiger partial charge < -0.3 is 9.53 Å². The average molecular weight is 646 g/mol. The van der Waals surface area contributed by atoms with Crippen LogP contribution in [0.1, 0.15) is 112 Å². The molecule has 0 amide bonds. The second-order valence-corrected chi connectivity index (χ2v) is 19.0. The SMILES string of the molecule is CC1(C)Cc2nc(C3CCC3)c(C(O)c3ccc(C(F)(F)F)cc3)c(I)c2[C@H](O[Si](C)(C)C(C)(C)C)C1. The van der Waals surface area contributed by atoms with Crippen LogP contribution in [0.4, 0.5) is 13.2 Å². The number of aromatic nitrogens is 1. The standard InChI is InChI=1S/C29H39F3INO2Si/c1-27(2,3)37(6,7)36-21-16-28(4,5)15-20-22(21)24(33)23(25(34-20)17-9-8-10-17)26(35)18-11-13-19(14-12-18)29(30,31)32/h11-14,17,21,26,35H,8-10,15-16H2,1-7H3/t21-,26?/m1/s1. The van der Waals surface area contributed by atoms with E-state index in [-0.39, 0.29) is 22.5 Å². The fraction of sp³-hybridized carbons (Fsp3) is 0.621. The minimum Gasteiger partial charge on any atom is -0.410 e.